The monoisotopic (exact) mass is 351 g/mol. The highest BCUT2D eigenvalue weighted by Crippen LogP contribution is 2.16. The highest BCUT2D eigenvalue weighted by atomic mass is 32.2. The van der Waals surface area contributed by atoms with Crippen LogP contribution in [-0.4, -0.2) is 42.1 Å². The maximum Gasteiger partial charge on any atom is 0.171 e. The van der Waals surface area contributed by atoms with Gasteiger partial charge in [0.15, 0.2) is 12.8 Å². The van der Waals surface area contributed by atoms with Crippen LogP contribution in [0.4, 0.5) is 0 Å². The van der Waals surface area contributed by atoms with Gasteiger partial charge in [-0.3, -0.25) is 0 Å². The van der Waals surface area contributed by atoms with Gasteiger partial charge in [-0.2, -0.15) is 0 Å². The third-order valence-electron chi connectivity index (χ3n) is 4.77. The van der Waals surface area contributed by atoms with Gasteiger partial charge in [-0.25, -0.2) is 13.0 Å². The fourth-order valence-corrected chi connectivity index (χ4v) is 4.13. The molecule has 0 N–H and O–H groups in total. The minimum Gasteiger partial charge on any atom is -0.748 e. The van der Waals surface area contributed by atoms with Crippen LogP contribution in [0.3, 0.4) is 0 Å². The summed E-state index contributed by atoms with van der Waals surface area (Å²) in [7, 11) is -4.25. The first-order chi connectivity index (χ1) is 11.5. The Labute approximate surface area is 146 Å². The van der Waals surface area contributed by atoms with Gasteiger partial charge in [-0.05, 0) is 18.1 Å². The molecule has 1 aliphatic heterocycles. The second-order valence-electron chi connectivity index (χ2n) is 6.74. The summed E-state index contributed by atoms with van der Waals surface area (Å²) in [6.45, 7) is 3.27. The zero-order valence-corrected chi connectivity index (χ0v) is 15.4. The molecule has 0 saturated carbocycles. The van der Waals surface area contributed by atoms with E-state index in [2.05, 4.69) is 13.0 Å². The van der Waals surface area contributed by atoms with Crippen molar-refractivity contribution in [1.29, 1.82) is 0 Å². The molecule has 1 aliphatic rings. The molecule has 0 saturated heterocycles. The maximum absolute atomic E-state index is 11.6. The van der Waals surface area contributed by atoms with Crippen LogP contribution in [0.5, 0.6) is 0 Å². The Morgan fingerprint density at radius 1 is 1.12 bits per heavy atom. The normalized spacial score (nSPS) is 15.7. The molecule has 1 heterocycles. The zero-order valence-electron chi connectivity index (χ0n) is 14.6. The molecule has 0 bridgehead atoms. The van der Waals surface area contributed by atoms with Gasteiger partial charge in [0.1, 0.15) is 21.9 Å². The Balaban J connectivity index is 1.91. The molecule has 0 spiro atoms. The Hall–Kier alpha value is -1.20. The molecule has 1 aromatic carbocycles. The lowest BCUT2D eigenvalue weighted by Gasteiger charge is -2.21. The Morgan fingerprint density at radius 3 is 2.58 bits per heavy atom. The number of unbranched alkanes of at least 4 members (excludes halogenated alkanes) is 5. The Kier molecular flexibility index (Phi) is 7.43. The van der Waals surface area contributed by atoms with Gasteiger partial charge in [0, 0.05) is 12.0 Å². The van der Waals surface area contributed by atoms with Crippen LogP contribution in [0.15, 0.2) is 24.3 Å². The highest BCUT2D eigenvalue weighted by molar-refractivity contribution is 7.86. The van der Waals surface area contributed by atoms with Crippen molar-refractivity contribution in [2.45, 2.75) is 63.5 Å². The highest BCUT2D eigenvalue weighted by Gasteiger charge is 2.24. The van der Waals surface area contributed by atoms with Crippen molar-refractivity contribution in [3.8, 4) is 0 Å². The summed E-state index contributed by atoms with van der Waals surface area (Å²) in [5.74, 6) is 0. The van der Waals surface area contributed by atoms with Gasteiger partial charge in [0.05, 0.1) is 0 Å². The van der Waals surface area contributed by atoms with E-state index in [1.807, 2.05) is 29.0 Å². The maximum atomic E-state index is 11.6. The van der Waals surface area contributed by atoms with E-state index >= 15 is 0 Å². The minimum absolute atomic E-state index is 0.315. The minimum atomic E-state index is -4.25. The average Bonchev–Trinajstić information content (AvgIpc) is 2.56. The molecular formula is C19H29NO3S. The number of hydrogen-bond donors (Lipinski definition) is 0. The summed E-state index contributed by atoms with van der Waals surface area (Å²) < 4.78 is 36.9. The number of fused-ring (bicyclic) bond motifs is 1. The first kappa shape index (κ1) is 19.1. The second kappa shape index (κ2) is 9.33. The predicted octanol–water partition coefficient (Wildman–Crippen LogP) is 3.34. The van der Waals surface area contributed by atoms with Gasteiger partial charge >= 0.3 is 0 Å². The number of nitrogens with zero attached hydrogens (tertiary/aromatic N) is 1. The van der Waals surface area contributed by atoms with Crippen LogP contribution in [0.1, 0.15) is 63.0 Å². The predicted molar refractivity (Wildman–Crippen MR) is 96.8 cm³/mol. The van der Waals surface area contributed by atoms with Crippen LogP contribution in [0.25, 0.3) is 0 Å². The quantitative estimate of drug-likeness (QED) is 0.369. The fraction of sp³-hybridized carbons (Fsp3) is 0.632. The lowest BCUT2D eigenvalue weighted by Crippen LogP contribution is -2.35. The molecule has 134 valence electrons. The van der Waals surface area contributed by atoms with E-state index in [4.69, 9.17) is 0 Å². The third kappa shape index (κ3) is 6.02. The van der Waals surface area contributed by atoms with Crippen molar-refractivity contribution in [1.82, 2.24) is 0 Å². The van der Waals surface area contributed by atoms with Crippen LogP contribution < -0.4 is 0 Å². The first-order valence-corrected chi connectivity index (χ1v) is 10.6. The van der Waals surface area contributed by atoms with Crippen molar-refractivity contribution in [2.75, 3.05) is 13.1 Å². The van der Waals surface area contributed by atoms with E-state index in [1.54, 1.807) is 0 Å². The number of hydrogen-bond acceptors (Lipinski definition) is 3. The van der Waals surface area contributed by atoms with Crippen LogP contribution in [0.2, 0.25) is 0 Å². The zero-order chi connectivity index (χ0) is 17.4. The summed E-state index contributed by atoms with van der Waals surface area (Å²) in [5, 5.41) is -0.801. The largest absolute Gasteiger partial charge is 0.748 e. The second-order valence-corrected chi connectivity index (χ2v) is 8.40. The molecule has 0 radical (unpaired) electrons. The summed E-state index contributed by atoms with van der Waals surface area (Å²) >= 11 is 0. The molecule has 5 heteroatoms. The molecule has 1 unspecified atom stereocenters. The summed E-state index contributed by atoms with van der Waals surface area (Å²) in [4.78, 5) is 0. The summed E-state index contributed by atoms with van der Waals surface area (Å²) in [5.41, 5.74) is 2.41. The molecule has 0 aromatic heterocycles. The topological polar surface area (TPSA) is 60.2 Å². The van der Waals surface area contributed by atoms with E-state index in [9.17, 15) is 13.0 Å². The van der Waals surface area contributed by atoms with E-state index in [1.165, 1.54) is 24.8 Å². The van der Waals surface area contributed by atoms with Crippen molar-refractivity contribution < 1.29 is 17.5 Å². The Bertz CT molecular complexity index is 652. The van der Waals surface area contributed by atoms with E-state index in [0.717, 1.165) is 37.8 Å². The fourth-order valence-electron chi connectivity index (χ4n) is 3.30. The van der Waals surface area contributed by atoms with Gasteiger partial charge in [0.2, 0.25) is 0 Å². The van der Waals surface area contributed by atoms with Crippen molar-refractivity contribution in [3.63, 3.8) is 0 Å². The van der Waals surface area contributed by atoms with Crippen molar-refractivity contribution in [3.05, 3.63) is 35.4 Å². The molecule has 1 atom stereocenters. The SMILES string of the molecule is CCCCCCCCC(C[N+]1=Cc2ccccc2CC1)S(=O)(=O)[O-]. The van der Waals surface area contributed by atoms with E-state index in [0.29, 0.717) is 13.0 Å². The Morgan fingerprint density at radius 2 is 1.83 bits per heavy atom. The molecule has 0 aliphatic carbocycles. The van der Waals surface area contributed by atoms with Crippen molar-refractivity contribution in [2.24, 2.45) is 0 Å². The molecule has 1 aromatic rings. The molecule has 4 nitrogen and oxygen atoms in total. The van der Waals surface area contributed by atoms with E-state index in [-0.39, 0.29) is 0 Å². The molecule has 0 fully saturated rings. The average molecular weight is 352 g/mol. The number of benzene rings is 1. The van der Waals surface area contributed by atoms with Gasteiger partial charge in [-0.1, -0.05) is 63.6 Å². The lowest BCUT2D eigenvalue weighted by molar-refractivity contribution is -0.523. The van der Waals surface area contributed by atoms with E-state index < -0.39 is 15.4 Å². The standard InChI is InChI=1S/C19H29NO3S/c1-2-3-4-5-6-7-12-19(24(21,22)23)16-20-14-13-17-10-8-9-11-18(17)15-20/h8-11,15,19H,2-7,12-14,16H2,1H3. The molecular weight excluding hydrogens is 322 g/mol. The van der Waals surface area contributed by atoms with Crippen LogP contribution in [-0.2, 0) is 16.5 Å². The first-order valence-electron chi connectivity index (χ1n) is 9.12. The lowest BCUT2D eigenvalue weighted by atomic mass is 10.0. The summed E-state index contributed by atoms with van der Waals surface area (Å²) in [6.07, 6.45) is 9.95. The third-order valence-corrected chi connectivity index (χ3v) is 5.97. The smallest absolute Gasteiger partial charge is 0.171 e. The van der Waals surface area contributed by atoms with Crippen molar-refractivity contribution >= 4 is 16.3 Å². The number of rotatable bonds is 10. The molecule has 0 amide bonds. The molecule has 2 rings (SSSR count). The van der Waals surface area contributed by atoms with Crippen LogP contribution in [0, 0.1) is 0 Å². The van der Waals surface area contributed by atoms with Gasteiger partial charge in [0.25, 0.3) is 0 Å². The van der Waals surface area contributed by atoms with Gasteiger partial charge < -0.3 is 4.55 Å². The van der Waals surface area contributed by atoms with Gasteiger partial charge in [-0.15, -0.1) is 0 Å². The molecule has 24 heavy (non-hydrogen) atoms. The summed E-state index contributed by atoms with van der Waals surface area (Å²) in [6, 6.07) is 8.14. The van der Waals surface area contributed by atoms with Crippen LogP contribution >= 0.6 is 0 Å².